The summed E-state index contributed by atoms with van der Waals surface area (Å²) in [6.45, 7) is 6.61. The lowest BCUT2D eigenvalue weighted by Gasteiger charge is -2.33. The standard InChI is InChI=1S/C9H20N2O/c1-2-11(7-8-12)9-3-5-10-6-4-9/h9-10,12H,2-8H2,1H3. The molecule has 0 amide bonds. The van der Waals surface area contributed by atoms with Crippen LogP contribution in [0.4, 0.5) is 0 Å². The minimum Gasteiger partial charge on any atom is -0.395 e. The van der Waals surface area contributed by atoms with E-state index in [-0.39, 0.29) is 6.61 Å². The van der Waals surface area contributed by atoms with E-state index in [9.17, 15) is 0 Å². The van der Waals surface area contributed by atoms with Gasteiger partial charge in [0.2, 0.25) is 0 Å². The lowest BCUT2D eigenvalue weighted by molar-refractivity contribution is 0.134. The zero-order valence-electron chi connectivity index (χ0n) is 7.92. The van der Waals surface area contributed by atoms with E-state index in [1.165, 1.54) is 12.8 Å². The van der Waals surface area contributed by atoms with Crippen molar-refractivity contribution in [1.29, 1.82) is 0 Å². The largest absolute Gasteiger partial charge is 0.395 e. The van der Waals surface area contributed by atoms with Crippen LogP contribution in [0, 0.1) is 0 Å². The first-order valence-corrected chi connectivity index (χ1v) is 4.94. The highest BCUT2D eigenvalue weighted by Crippen LogP contribution is 2.10. The molecule has 3 nitrogen and oxygen atoms in total. The third-order valence-corrected chi connectivity index (χ3v) is 2.62. The van der Waals surface area contributed by atoms with Crippen LogP contribution in [0.3, 0.4) is 0 Å². The summed E-state index contributed by atoms with van der Waals surface area (Å²) in [5.74, 6) is 0. The van der Waals surface area contributed by atoms with Gasteiger partial charge in [0.1, 0.15) is 0 Å². The first-order chi connectivity index (χ1) is 5.88. The summed E-state index contributed by atoms with van der Waals surface area (Å²) < 4.78 is 0. The lowest BCUT2D eigenvalue weighted by atomic mass is 10.1. The molecule has 0 atom stereocenters. The number of piperidine rings is 1. The Labute approximate surface area is 74.8 Å². The molecular formula is C9H20N2O. The second-order valence-corrected chi connectivity index (χ2v) is 3.33. The zero-order chi connectivity index (χ0) is 8.81. The average Bonchev–Trinajstić information content (AvgIpc) is 2.15. The molecule has 0 unspecified atom stereocenters. The zero-order valence-corrected chi connectivity index (χ0v) is 7.92. The fourth-order valence-electron chi connectivity index (χ4n) is 1.90. The molecule has 1 fully saturated rings. The maximum atomic E-state index is 8.84. The molecular weight excluding hydrogens is 152 g/mol. The number of nitrogens with zero attached hydrogens (tertiary/aromatic N) is 1. The van der Waals surface area contributed by atoms with Gasteiger partial charge >= 0.3 is 0 Å². The predicted molar refractivity (Wildman–Crippen MR) is 50.2 cm³/mol. The summed E-state index contributed by atoms with van der Waals surface area (Å²) >= 11 is 0. The van der Waals surface area contributed by atoms with Gasteiger partial charge in [-0.1, -0.05) is 6.92 Å². The molecule has 0 aromatic rings. The Hall–Kier alpha value is -0.120. The van der Waals surface area contributed by atoms with Crippen LogP contribution in [0.1, 0.15) is 19.8 Å². The number of aliphatic hydroxyl groups is 1. The van der Waals surface area contributed by atoms with Gasteiger partial charge in [-0.2, -0.15) is 0 Å². The van der Waals surface area contributed by atoms with E-state index in [0.717, 1.165) is 26.2 Å². The van der Waals surface area contributed by atoms with Gasteiger partial charge in [-0.05, 0) is 32.5 Å². The van der Waals surface area contributed by atoms with Crippen LogP contribution in [-0.4, -0.2) is 48.8 Å². The summed E-state index contributed by atoms with van der Waals surface area (Å²) in [4.78, 5) is 2.38. The second kappa shape index (κ2) is 5.51. The highest BCUT2D eigenvalue weighted by Gasteiger charge is 2.18. The molecule has 1 saturated heterocycles. The Kier molecular flexibility index (Phi) is 4.58. The van der Waals surface area contributed by atoms with Gasteiger partial charge in [-0.15, -0.1) is 0 Å². The molecule has 12 heavy (non-hydrogen) atoms. The van der Waals surface area contributed by atoms with Crippen molar-refractivity contribution >= 4 is 0 Å². The third-order valence-electron chi connectivity index (χ3n) is 2.62. The number of hydrogen-bond acceptors (Lipinski definition) is 3. The van der Waals surface area contributed by atoms with Crippen molar-refractivity contribution in [3.63, 3.8) is 0 Å². The molecule has 1 aliphatic rings. The van der Waals surface area contributed by atoms with Gasteiger partial charge in [0.15, 0.2) is 0 Å². The number of aliphatic hydroxyl groups excluding tert-OH is 1. The molecule has 0 aromatic heterocycles. The highest BCUT2D eigenvalue weighted by molar-refractivity contribution is 4.76. The average molecular weight is 172 g/mol. The van der Waals surface area contributed by atoms with E-state index in [2.05, 4.69) is 17.1 Å². The summed E-state index contributed by atoms with van der Waals surface area (Å²) in [5, 5.41) is 12.2. The molecule has 3 heteroatoms. The van der Waals surface area contributed by atoms with E-state index >= 15 is 0 Å². The fourth-order valence-corrected chi connectivity index (χ4v) is 1.90. The van der Waals surface area contributed by atoms with Crippen LogP contribution >= 0.6 is 0 Å². The van der Waals surface area contributed by atoms with Crippen LogP contribution in [0.5, 0.6) is 0 Å². The van der Waals surface area contributed by atoms with Crippen LogP contribution in [0.25, 0.3) is 0 Å². The van der Waals surface area contributed by atoms with Crippen molar-refractivity contribution in [3.8, 4) is 0 Å². The molecule has 0 aromatic carbocycles. The minimum atomic E-state index is 0.289. The quantitative estimate of drug-likeness (QED) is 0.629. The molecule has 72 valence electrons. The van der Waals surface area contributed by atoms with Crippen LogP contribution in [0.15, 0.2) is 0 Å². The number of nitrogens with one attached hydrogen (secondary N) is 1. The van der Waals surface area contributed by atoms with Gasteiger partial charge in [0.05, 0.1) is 6.61 Å². The maximum Gasteiger partial charge on any atom is 0.0558 e. The van der Waals surface area contributed by atoms with Gasteiger partial charge in [-0.25, -0.2) is 0 Å². The number of likely N-dealkylation sites (N-methyl/N-ethyl adjacent to an activating group) is 1. The third kappa shape index (κ3) is 2.73. The van der Waals surface area contributed by atoms with E-state index < -0.39 is 0 Å². The number of rotatable bonds is 4. The molecule has 1 rings (SSSR count). The Morgan fingerprint density at radius 1 is 1.42 bits per heavy atom. The molecule has 1 aliphatic heterocycles. The fraction of sp³-hybridized carbons (Fsp3) is 1.00. The van der Waals surface area contributed by atoms with E-state index in [1.807, 2.05) is 0 Å². The Balaban J connectivity index is 2.29. The molecule has 0 spiro atoms. The second-order valence-electron chi connectivity index (χ2n) is 3.33. The molecule has 0 radical (unpaired) electrons. The normalized spacial score (nSPS) is 20.2. The summed E-state index contributed by atoms with van der Waals surface area (Å²) in [6, 6.07) is 0.698. The van der Waals surface area contributed by atoms with E-state index in [0.29, 0.717) is 6.04 Å². The summed E-state index contributed by atoms with van der Waals surface area (Å²) in [6.07, 6.45) is 2.46. The van der Waals surface area contributed by atoms with Crippen molar-refractivity contribution < 1.29 is 5.11 Å². The monoisotopic (exact) mass is 172 g/mol. The maximum absolute atomic E-state index is 8.84. The van der Waals surface area contributed by atoms with Crippen LogP contribution in [-0.2, 0) is 0 Å². The predicted octanol–water partition coefficient (Wildman–Crippen LogP) is 0.0526. The summed E-state index contributed by atoms with van der Waals surface area (Å²) in [7, 11) is 0. The molecule has 0 saturated carbocycles. The van der Waals surface area contributed by atoms with Crippen molar-refractivity contribution in [3.05, 3.63) is 0 Å². The Morgan fingerprint density at radius 3 is 2.58 bits per heavy atom. The molecule has 0 aliphatic carbocycles. The van der Waals surface area contributed by atoms with Crippen molar-refractivity contribution in [2.45, 2.75) is 25.8 Å². The number of hydrogen-bond donors (Lipinski definition) is 2. The molecule has 0 bridgehead atoms. The smallest absolute Gasteiger partial charge is 0.0558 e. The van der Waals surface area contributed by atoms with E-state index in [1.54, 1.807) is 0 Å². The minimum absolute atomic E-state index is 0.289. The highest BCUT2D eigenvalue weighted by atomic mass is 16.3. The molecule has 2 N–H and O–H groups in total. The lowest BCUT2D eigenvalue weighted by Crippen LogP contribution is -2.44. The Morgan fingerprint density at radius 2 is 2.08 bits per heavy atom. The van der Waals surface area contributed by atoms with Crippen molar-refractivity contribution in [1.82, 2.24) is 10.2 Å². The molecule has 1 heterocycles. The Bertz CT molecular complexity index is 110. The van der Waals surface area contributed by atoms with Crippen molar-refractivity contribution in [2.24, 2.45) is 0 Å². The topological polar surface area (TPSA) is 35.5 Å². The van der Waals surface area contributed by atoms with Gasteiger partial charge < -0.3 is 10.4 Å². The van der Waals surface area contributed by atoms with Crippen LogP contribution < -0.4 is 5.32 Å². The van der Waals surface area contributed by atoms with Gasteiger partial charge in [0.25, 0.3) is 0 Å². The first kappa shape index (κ1) is 9.96. The summed E-state index contributed by atoms with van der Waals surface area (Å²) in [5.41, 5.74) is 0. The first-order valence-electron chi connectivity index (χ1n) is 4.94. The van der Waals surface area contributed by atoms with Crippen molar-refractivity contribution in [2.75, 3.05) is 32.8 Å². The van der Waals surface area contributed by atoms with E-state index in [4.69, 9.17) is 5.11 Å². The van der Waals surface area contributed by atoms with Gasteiger partial charge in [-0.3, -0.25) is 4.90 Å². The van der Waals surface area contributed by atoms with Crippen LogP contribution in [0.2, 0.25) is 0 Å². The van der Waals surface area contributed by atoms with Gasteiger partial charge in [0, 0.05) is 12.6 Å². The SMILES string of the molecule is CCN(CCO)C1CCNCC1.